The number of amides is 1. The summed E-state index contributed by atoms with van der Waals surface area (Å²) in [4.78, 5) is 20.6. The third-order valence-corrected chi connectivity index (χ3v) is 4.23. The van der Waals surface area contributed by atoms with E-state index in [1.807, 2.05) is 55.5 Å². The Bertz CT molecular complexity index is 910. The molecular weight excluding hydrogens is 340 g/mol. The smallest absolute Gasteiger partial charge is 0.270 e. The molecule has 0 atom stereocenters. The zero-order valence-corrected chi connectivity index (χ0v) is 15.4. The van der Waals surface area contributed by atoms with Crippen LogP contribution in [0.25, 0.3) is 0 Å². The highest BCUT2D eigenvalue weighted by Crippen LogP contribution is 2.13. The number of anilines is 1. The van der Waals surface area contributed by atoms with Crippen LogP contribution < -0.4 is 15.4 Å². The molecule has 0 saturated carbocycles. The summed E-state index contributed by atoms with van der Waals surface area (Å²) in [6, 6.07) is 17.4. The lowest BCUT2D eigenvalue weighted by Crippen LogP contribution is -2.24. The van der Waals surface area contributed by atoms with E-state index in [9.17, 15) is 4.79 Å². The number of aromatic nitrogens is 2. The fraction of sp³-hybridized carbons (Fsp3) is 0.190. The maximum Gasteiger partial charge on any atom is 0.270 e. The lowest BCUT2D eigenvalue weighted by molar-refractivity contribution is 0.0945. The number of hydrogen-bond acceptors (Lipinski definition) is 5. The van der Waals surface area contributed by atoms with Crippen LogP contribution in [0.3, 0.4) is 0 Å². The van der Waals surface area contributed by atoms with E-state index in [2.05, 4.69) is 20.6 Å². The normalized spacial score (nSPS) is 10.3. The van der Waals surface area contributed by atoms with Gasteiger partial charge in [0.2, 0.25) is 0 Å². The average Bonchev–Trinajstić information content (AvgIpc) is 2.72. The molecule has 0 fully saturated rings. The number of carbonyl (C=O) groups excluding carboxylic acids is 1. The molecule has 27 heavy (non-hydrogen) atoms. The second-order valence-corrected chi connectivity index (χ2v) is 6.10. The molecule has 0 radical (unpaired) electrons. The third kappa shape index (κ3) is 5.04. The van der Waals surface area contributed by atoms with Crippen LogP contribution in [0.15, 0.2) is 60.9 Å². The summed E-state index contributed by atoms with van der Waals surface area (Å²) in [5.41, 5.74) is 3.64. The van der Waals surface area contributed by atoms with Gasteiger partial charge in [-0.25, -0.2) is 9.97 Å². The van der Waals surface area contributed by atoms with Crippen molar-refractivity contribution in [2.45, 2.75) is 20.0 Å². The van der Waals surface area contributed by atoms with Gasteiger partial charge in [0.25, 0.3) is 5.91 Å². The Kier molecular flexibility index (Phi) is 5.99. The van der Waals surface area contributed by atoms with Crippen LogP contribution in [-0.2, 0) is 13.1 Å². The van der Waals surface area contributed by atoms with Gasteiger partial charge in [0.1, 0.15) is 23.6 Å². The van der Waals surface area contributed by atoms with Crippen molar-refractivity contribution in [3.05, 3.63) is 83.3 Å². The molecule has 6 heteroatoms. The van der Waals surface area contributed by atoms with Crippen LogP contribution in [0, 0.1) is 6.92 Å². The topological polar surface area (TPSA) is 76.1 Å². The summed E-state index contributed by atoms with van der Waals surface area (Å²) in [6.45, 7) is 3.07. The van der Waals surface area contributed by atoms with E-state index < -0.39 is 0 Å². The van der Waals surface area contributed by atoms with Gasteiger partial charge in [-0.2, -0.15) is 0 Å². The van der Waals surface area contributed by atoms with Gasteiger partial charge < -0.3 is 15.4 Å². The van der Waals surface area contributed by atoms with Gasteiger partial charge in [0, 0.05) is 19.2 Å². The van der Waals surface area contributed by atoms with Crippen molar-refractivity contribution >= 4 is 11.7 Å². The number of methoxy groups -OCH3 is 1. The maximum atomic E-state index is 12.4. The van der Waals surface area contributed by atoms with Gasteiger partial charge in [0.05, 0.1) is 7.11 Å². The standard InChI is InChI=1S/C21H22N4O2/c1-15-5-3-4-6-17(15)13-23-21(26)19-11-20(25-14-24-19)22-12-16-7-9-18(27-2)10-8-16/h3-11,14H,12-13H2,1-2H3,(H,23,26)(H,22,24,25). The Morgan fingerprint density at radius 3 is 2.56 bits per heavy atom. The first-order chi connectivity index (χ1) is 13.2. The molecule has 1 amide bonds. The van der Waals surface area contributed by atoms with E-state index in [1.165, 1.54) is 6.33 Å². The zero-order chi connectivity index (χ0) is 19.1. The lowest BCUT2D eigenvalue weighted by Gasteiger charge is -2.09. The maximum absolute atomic E-state index is 12.4. The van der Waals surface area contributed by atoms with E-state index in [0.29, 0.717) is 24.6 Å². The molecule has 138 valence electrons. The van der Waals surface area contributed by atoms with E-state index in [-0.39, 0.29) is 5.91 Å². The quantitative estimate of drug-likeness (QED) is 0.674. The number of hydrogen-bond donors (Lipinski definition) is 2. The van der Waals surface area contributed by atoms with Crippen molar-refractivity contribution in [3.63, 3.8) is 0 Å². The van der Waals surface area contributed by atoms with Gasteiger partial charge in [-0.15, -0.1) is 0 Å². The van der Waals surface area contributed by atoms with E-state index >= 15 is 0 Å². The van der Waals surface area contributed by atoms with Crippen LogP contribution in [0.1, 0.15) is 27.2 Å². The molecule has 0 aliphatic rings. The van der Waals surface area contributed by atoms with Gasteiger partial charge in [-0.1, -0.05) is 36.4 Å². The molecule has 0 aliphatic heterocycles. The number of nitrogens with zero attached hydrogens (tertiary/aromatic N) is 2. The molecule has 3 rings (SSSR count). The van der Waals surface area contributed by atoms with Crippen molar-refractivity contribution in [2.24, 2.45) is 0 Å². The Hall–Kier alpha value is -3.41. The fourth-order valence-corrected chi connectivity index (χ4v) is 2.59. The second-order valence-electron chi connectivity index (χ2n) is 6.10. The Labute approximate surface area is 158 Å². The Morgan fingerprint density at radius 2 is 1.81 bits per heavy atom. The summed E-state index contributed by atoms with van der Waals surface area (Å²) < 4.78 is 5.15. The zero-order valence-electron chi connectivity index (χ0n) is 15.4. The second kappa shape index (κ2) is 8.80. The van der Waals surface area contributed by atoms with Crippen molar-refractivity contribution < 1.29 is 9.53 Å². The van der Waals surface area contributed by atoms with Crippen molar-refractivity contribution in [1.82, 2.24) is 15.3 Å². The largest absolute Gasteiger partial charge is 0.497 e. The van der Waals surface area contributed by atoms with Crippen molar-refractivity contribution in [3.8, 4) is 5.75 Å². The Morgan fingerprint density at radius 1 is 1.04 bits per heavy atom. The minimum atomic E-state index is -0.229. The first-order valence-corrected chi connectivity index (χ1v) is 8.67. The van der Waals surface area contributed by atoms with Crippen LogP contribution in [0.4, 0.5) is 5.82 Å². The molecule has 2 N–H and O–H groups in total. The van der Waals surface area contributed by atoms with Gasteiger partial charge >= 0.3 is 0 Å². The summed E-state index contributed by atoms with van der Waals surface area (Å²) in [6.07, 6.45) is 1.39. The van der Waals surface area contributed by atoms with Crippen LogP contribution in [-0.4, -0.2) is 23.0 Å². The molecule has 3 aromatic rings. The summed E-state index contributed by atoms with van der Waals surface area (Å²) in [5.74, 6) is 1.18. The summed E-state index contributed by atoms with van der Waals surface area (Å²) in [7, 11) is 1.64. The van der Waals surface area contributed by atoms with Crippen LogP contribution in [0.5, 0.6) is 5.75 Å². The average molecular weight is 362 g/mol. The molecule has 0 bridgehead atoms. The number of nitrogens with one attached hydrogen (secondary N) is 2. The predicted molar refractivity (Wildman–Crippen MR) is 105 cm³/mol. The van der Waals surface area contributed by atoms with Crippen molar-refractivity contribution in [1.29, 1.82) is 0 Å². The molecule has 1 aromatic heterocycles. The third-order valence-electron chi connectivity index (χ3n) is 4.23. The van der Waals surface area contributed by atoms with E-state index in [4.69, 9.17) is 4.74 Å². The molecule has 6 nitrogen and oxygen atoms in total. The molecule has 2 aromatic carbocycles. The Balaban J connectivity index is 1.58. The molecule has 0 aliphatic carbocycles. The van der Waals surface area contributed by atoms with Gasteiger partial charge in [0.15, 0.2) is 0 Å². The predicted octanol–water partition coefficient (Wildman–Crippen LogP) is 3.34. The number of rotatable bonds is 7. The molecule has 0 unspecified atom stereocenters. The first kappa shape index (κ1) is 18.4. The minimum absolute atomic E-state index is 0.229. The minimum Gasteiger partial charge on any atom is -0.497 e. The molecule has 0 saturated heterocycles. The molecule has 1 heterocycles. The highest BCUT2D eigenvalue weighted by atomic mass is 16.5. The van der Waals surface area contributed by atoms with Gasteiger partial charge in [-0.3, -0.25) is 4.79 Å². The molecule has 0 spiro atoms. The first-order valence-electron chi connectivity index (χ1n) is 8.67. The SMILES string of the molecule is COc1ccc(CNc2cc(C(=O)NCc3ccccc3C)ncn2)cc1. The highest BCUT2D eigenvalue weighted by Gasteiger charge is 2.09. The lowest BCUT2D eigenvalue weighted by atomic mass is 10.1. The van der Waals surface area contributed by atoms with Crippen LogP contribution in [0.2, 0.25) is 0 Å². The van der Waals surface area contributed by atoms with Crippen molar-refractivity contribution in [2.75, 3.05) is 12.4 Å². The number of benzene rings is 2. The fourth-order valence-electron chi connectivity index (χ4n) is 2.59. The van der Waals surface area contributed by atoms with E-state index in [1.54, 1.807) is 13.2 Å². The number of ether oxygens (including phenoxy) is 1. The monoisotopic (exact) mass is 362 g/mol. The number of carbonyl (C=O) groups is 1. The van der Waals surface area contributed by atoms with E-state index in [0.717, 1.165) is 22.4 Å². The number of aryl methyl sites for hydroxylation is 1. The highest BCUT2D eigenvalue weighted by molar-refractivity contribution is 5.92. The van der Waals surface area contributed by atoms with Crippen LogP contribution >= 0.6 is 0 Å². The summed E-state index contributed by atoms with van der Waals surface area (Å²) >= 11 is 0. The molecular formula is C21H22N4O2. The van der Waals surface area contributed by atoms with Gasteiger partial charge in [-0.05, 0) is 35.7 Å². The summed E-state index contributed by atoms with van der Waals surface area (Å²) in [5, 5.41) is 6.10.